The molecule has 3 N–H and O–H groups in total. The molecule has 4 heteroatoms. The number of amides is 1. The van der Waals surface area contributed by atoms with E-state index in [1.54, 1.807) is 0 Å². The fraction of sp³-hybridized carbons (Fsp3) is 0.462. The van der Waals surface area contributed by atoms with Gasteiger partial charge >= 0.3 is 0 Å². The first-order valence-corrected chi connectivity index (χ1v) is 5.92. The van der Waals surface area contributed by atoms with Gasteiger partial charge in [0.15, 0.2) is 0 Å². The fourth-order valence-electron chi connectivity index (χ4n) is 1.42. The van der Waals surface area contributed by atoms with Crippen LogP contribution in [0.5, 0.6) is 0 Å². The maximum atomic E-state index is 11.2. The number of nitrogens with one attached hydrogen (secondary N) is 1. The summed E-state index contributed by atoms with van der Waals surface area (Å²) in [6, 6.07) is 7.68. The van der Waals surface area contributed by atoms with Crippen molar-refractivity contribution in [2.75, 3.05) is 25.5 Å². The zero-order valence-corrected chi connectivity index (χ0v) is 10.2. The van der Waals surface area contributed by atoms with E-state index in [1.807, 2.05) is 31.2 Å². The number of carbonyl (C=O) groups is 1. The van der Waals surface area contributed by atoms with Crippen molar-refractivity contribution in [1.29, 1.82) is 0 Å². The third-order valence-corrected chi connectivity index (χ3v) is 2.38. The van der Waals surface area contributed by atoms with Crippen LogP contribution in [0.4, 0.5) is 5.69 Å². The molecule has 0 saturated carbocycles. The molecule has 0 spiro atoms. The average Bonchev–Trinajstić information content (AvgIpc) is 2.34. The Bertz CT molecular complexity index is 353. The standard InChI is InChI=1S/C13H20N2O2/c1-2-8-15-13(16)10-17-9-7-11-5-3-4-6-12(11)14/h3-6H,2,7-10,14H2,1H3,(H,15,16). The molecule has 0 atom stereocenters. The second-order valence-electron chi connectivity index (χ2n) is 3.85. The molecule has 1 aromatic carbocycles. The molecule has 17 heavy (non-hydrogen) atoms. The van der Waals surface area contributed by atoms with E-state index < -0.39 is 0 Å². The number of carbonyl (C=O) groups excluding carboxylic acids is 1. The Hall–Kier alpha value is -1.55. The summed E-state index contributed by atoms with van der Waals surface area (Å²) >= 11 is 0. The molecule has 0 unspecified atom stereocenters. The van der Waals surface area contributed by atoms with E-state index in [1.165, 1.54) is 0 Å². The highest BCUT2D eigenvalue weighted by Gasteiger charge is 2.01. The van der Waals surface area contributed by atoms with E-state index in [2.05, 4.69) is 5.32 Å². The van der Waals surface area contributed by atoms with Crippen molar-refractivity contribution < 1.29 is 9.53 Å². The third-order valence-electron chi connectivity index (χ3n) is 2.38. The summed E-state index contributed by atoms with van der Waals surface area (Å²) in [6.45, 7) is 3.34. The first-order valence-electron chi connectivity index (χ1n) is 5.92. The van der Waals surface area contributed by atoms with E-state index in [9.17, 15) is 4.79 Å². The number of rotatable bonds is 7. The van der Waals surface area contributed by atoms with Crippen LogP contribution in [0.2, 0.25) is 0 Å². The topological polar surface area (TPSA) is 64.3 Å². The maximum absolute atomic E-state index is 11.2. The first-order chi connectivity index (χ1) is 8.24. The molecule has 0 radical (unpaired) electrons. The van der Waals surface area contributed by atoms with Gasteiger partial charge in [-0.1, -0.05) is 25.1 Å². The molecule has 4 nitrogen and oxygen atoms in total. The molecule has 1 amide bonds. The van der Waals surface area contributed by atoms with Gasteiger partial charge in [0, 0.05) is 12.2 Å². The summed E-state index contributed by atoms with van der Waals surface area (Å²) in [5, 5.41) is 2.75. The molecular formula is C13H20N2O2. The third kappa shape index (κ3) is 5.36. The molecule has 94 valence electrons. The molecule has 0 aromatic heterocycles. The molecule has 1 aromatic rings. The SMILES string of the molecule is CCCNC(=O)COCCc1ccccc1N. The van der Waals surface area contributed by atoms with Crippen LogP contribution in [0, 0.1) is 0 Å². The molecule has 1 rings (SSSR count). The number of ether oxygens (including phenoxy) is 1. The molecule has 0 aliphatic heterocycles. The minimum absolute atomic E-state index is 0.0621. The molecule has 0 bridgehead atoms. The van der Waals surface area contributed by atoms with Crippen molar-refractivity contribution in [3.05, 3.63) is 29.8 Å². The van der Waals surface area contributed by atoms with Gasteiger partial charge in [-0.15, -0.1) is 0 Å². The number of nitrogen functional groups attached to an aromatic ring is 1. The van der Waals surface area contributed by atoms with Crippen molar-refractivity contribution in [2.45, 2.75) is 19.8 Å². The van der Waals surface area contributed by atoms with Gasteiger partial charge in [-0.05, 0) is 24.5 Å². The quantitative estimate of drug-likeness (QED) is 0.555. The zero-order chi connectivity index (χ0) is 12.5. The number of hydrogen-bond acceptors (Lipinski definition) is 3. The van der Waals surface area contributed by atoms with Crippen molar-refractivity contribution in [1.82, 2.24) is 5.32 Å². The molecule has 0 aliphatic carbocycles. The Morgan fingerprint density at radius 3 is 2.88 bits per heavy atom. The monoisotopic (exact) mass is 236 g/mol. The van der Waals surface area contributed by atoms with Crippen LogP contribution >= 0.6 is 0 Å². The van der Waals surface area contributed by atoms with Gasteiger partial charge in [0.2, 0.25) is 5.91 Å². The van der Waals surface area contributed by atoms with Gasteiger partial charge in [-0.2, -0.15) is 0 Å². The average molecular weight is 236 g/mol. The highest BCUT2D eigenvalue weighted by atomic mass is 16.5. The fourth-order valence-corrected chi connectivity index (χ4v) is 1.42. The lowest BCUT2D eigenvalue weighted by atomic mass is 10.1. The van der Waals surface area contributed by atoms with Crippen LogP contribution < -0.4 is 11.1 Å². The number of para-hydroxylation sites is 1. The highest BCUT2D eigenvalue weighted by molar-refractivity contribution is 5.77. The lowest BCUT2D eigenvalue weighted by Crippen LogP contribution is -2.28. The summed E-state index contributed by atoms with van der Waals surface area (Å²) in [6.07, 6.45) is 1.67. The molecular weight excluding hydrogens is 216 g/mol. The van der Waals surface area contributed by atoms with Crippen LogP contribution in [0.1, 0.15) is 18.9 Å². The Morgan fingerprint density at radius 1 is 1.41 bits per heavy atom. The van der Waals surface area contributed by atoms with Gasteiger partial charge in [-0.3, -0.25) is 4.79 Å². The summed E-state index contributed by atoms with van der Waals surface area (Å²) in [7, 11) is 0. The number of hydrogen-bond donors (Lipinski definition) is 2. The number of benzene rings is 1. The van der Waals surface area contributed by atoms with Crippen molar-refractivity contribution in [2.24, 2.45) is 0 Å². The van der Waals surface area contributed by atoms with E-state index in [0.717, 1.165) is 24.1 Å². The number of anilines is 1. The van der Waals surface area contributed by atoms with Crippen LogP contribution in [0.3, 0.4) is 0 Å². The predicted octanol–water partition coefficient (Wildman–Crippen LogP) is 1.35. The van der Waals surface area contributed by atoms with E-state index >= 15 is 0 Å². The van der Waals surface area contributed by atoms with Crippen LogP contribution in [-0.4, -0.2) is 25.7 Å². The van der Waals surface area contributed by atoms with Crippen LogP contribution in [-0.2, 0) is 16.0 Å². The molecule has 0 aliphatic rings. The van der Waals surface area contributed by atoms with E-state index in [-0.39, 0.29) is 12.5 Å². The zero-order valence-electron chi connectivity index (χ0n) is 10.2. The molecule has 0 heterocycles. The van der Waals surface area contributed by atoms with E-state index in [4.69, 9.17) is 10.5 Å². The minimum atomic E-state index is -0.0621. The lowest BCUT2D eigenvalue weighted by molar-refractivity contribution is -0.125. The Kier molecular flexibility index (Phi) is 6.10. The second-order valence-corrected chi connectivity index (χ2v) is 3.85. The van der Waals surface area contributed by atoms with Crippen molar-refractivity contribution >= 4 is 11.6 Å². The summed E-state index contributed by atoms with van der Waals surface area (Å²) < 4.78 is 5.28. The summed E-state index contributed by atoms with van der Waals surface area (Å²) in [5.74, 6) is -0.0621. The summed E-state index contributed by atoms with van der Waals surface area (Å²) in [4.78, 5) is 11.2. The van der Waals surface area contributed by atoms with Crippen LogP contribution in [0.25, 0.3) is 0 Å². The Labute approximate surface area is 102 Å². The van der Waals surface area contributed by atoms with Crippen LogP contribution in [0.15, 0.2) is 24.3 Å². The molecule has 0 saturated heterocycles. The first kappa shape index (κ1) is 13.5. The van der Waals surface area contributed by atoms with Crippen molar-refractivity contribution in [3.63, 3.8) is 0 Å². The van der Waals surface area contributed by atoms with Gasteiger partial charge in [0.05, 0.1) is 6.61 Å². The number of nitrogens with two attached hydrogens (primary N) is 1. The summed E-state index contributed by atoms with van der Waals surface area (Å²) in [5.41, 5.74) is 7.62. The van der Waals surface area contributed by atoms with Crippen molar-refractivity contribution in [3.8, 4) is 0 Å². The lowest BCUT2D eigenvalue weighted by Gasteiger charge is -2.07. The smallest absolute Gasteiger partial charge is 0.245 e. The normalized spacial score (nSPS) is 10.2. The van der Waals surface area contributed by atoms with E-state index in [0.29, 0.717) is 13.2 Å². The molecule has 0 fully saturated rings. The van der Waals surface area contributed by atoms with Gasteiger partial charge in [-0.25, -0.2) is 0 Å². The second kappa shape index (κ2) is 7.68. The minimum Gasteiger partial charge on any atom is -0.399 e. The van der Waals surface area contributed by atoms with Gasteiger partial charge in [0.25, 0.3) is 0 Å². The Balaban J connectivity index is 2.16. The largest absolute Gasteiger partial charge is 0.399 e. The Morgan fingerprint density at radius 2 is 2.18 bits per heavy atom. The van der Waals surface area contributed by atoms with Gasteiger partial charge in [0.1, 0.15) is 6.61 Å². The maximum Gasteiger partial charge on any atom is 0.245 e. The highest BCUT2D eigenvalue weighted by Crippen LogP contribution is 2.10. The predicted molar refractivity (Wildman–Crippen MR) is 68.7 cm³/mol. The van der Waals surface area contributed by atoms with Gasteiger partial charge < -0.3 is 15.8 Å².